The molecule has 7 heteroatoms. The van der Waals surface area contributed by atoms with E-state index in [4.69, 9.17) is 22.1 Å². The summed E-state index contributed by atoms with van der Waals surface area (Å²) >= 11 is 0. The van der Waals surface area contributed by atoms with Crippen LogP contribution in [-0.2, 0) is 22.1 Å². The Morgan fingerprint density at radius 3 is 1.20 bits per heavy atom. The summed E-state index contributed by atoms with van der Waals surface area (Å²) in [6.07, 6.45) is 12.0. The van der Waals surface area contributed by atoms with Crippen LogP contribution < -0.4 is 0 Å². The van der Waals surface area contributed by atoms with E-state index in [-0.39, 0.29) is 0 Å². The molecule has 2 rings (SSSR count). The Morgan fingerprint density at radius 1 is 0.640 bits per heavy atom. The summed E-state index contributed by atoms with van der Waals surface area (Å²) in [4.78, 5) is 0. The minimum absolute atomic E-state index is 0.774. The van der Waals surface area contributed by atoms with Gasteiger partial charge in [0.05, 0.1) is 0 Å². The number of rotatable bonds is 9. The van der Waals surface area contributed by atoms with Crippen LogP contribution in [0.4, 0.5) is 0 Å². The SMILES string of the molecule is CCC[Si](OC)(OC)OC.CO[Si](OC)(C1CCCC1)C1CCCC1. The summed E-state index contributed by atoms with van der Waals surface area (Å²) in [5.41, 5.74) is 1.55. The monoisotopic (exact) mass is 392 g/mol. The largest absolute Gasteiger partial charge is 0.500 e. The molecule has 0 atom stereocenters. The molecule has 0 radical (unpaired) electrons. The van der Waals surface area contributed by atoms with Gasteiger partial charge in [0.2, 0.25) is 0 Å². The Kier molecular flexibility index (Phi) is 11.0. The predicted molar refractivity (Wildman–Crippen MR) is 106 cm³/mol. The summed E-state index contributed by atoms with van der Waals surface area (Å²) in [7, 11) is 4.60. The average molecular weight is 393 g/mol. The van der Waals surface area contributed by atoms with Gasteiger partial charge in [-0.25, -0.2) is 0 Å². The van der Waals surface area contributed by atoms with Gasteiger partial charge in [-0.3, -0.25) is 0 Å². The van der Waals surface area contributed by atoms with Crippen molar-refractivity contribution < 1.29 is 22.1 Å². The van der Waals surface area contributed by atoms with E-state index >= 15 is 0 Å². The van der Waals surface area contributed by atoms with Crippen molar-refractivity contribution in [1.82, 2.24) is 0 Å². The Morgan fingerprint density at radius 2 is 1.00 bits per heavy atom. The van der Waals surface area contributed by atoms with Gasteiger partial charge < -0.3 is 22.1 Å². The van der Waals surface area contributed by atoms with Gasteiger partial charge in [-0.05, 0) is 25.7 Å². The van der Waals surface area contributed by atoms with Gasteiger partial charge in [-0.1, -0.05) is 39.0 Å². The molecule has 0 aromatic heterocycles. The minimum Gasteiger partial charge on any atom is -0.397 e. The van der Waals surface area contributed by atoms with Crippen LogP contribution in [0, 0.1) is 0 Å². The second-order valence-corrected chi connectivity index (χ2v) is 14.1. The van der Waals surface area contributed by atoms with E-state index in [1.165, 1.54) is 51.4 Å². The molecule has 0 aliphatic heterocycles. The Hall–Kier alpha value is 0.234. The zero-order valence-corrected chi connectivity index (χ0v) is 19.3. The molecule has 0 aromatic rings. The minimum atomic E-state index is -2.22. The molecular formula is C18H40O5Si2. The molecule has 0 amide bonds. The van der Waals surface area contributed by atoms with Gasteiger partial charge in [0.15, 0.2) is 0 Å². The topological polar surface area (TPSA) is 46.2 Å². The predicted octanol–water partition coefficient (Wildman–Crippen LogP) is 4.88. The average Bonchev–Trinajstić information content (AvgIpc) is 3.37. The third-order valence-electron chi connectivity index (χ3n) is 5.98. The molecule has 0 N–H and O–H groups in total. The third kappa shape index (κ3) is 5.85. The Balaban J connectivity index is 0.000000275. The summed E-state index contributed by atoms with van der Waals surface area (Å²) in [5, 5.41) is 0. The van der Waals surface area contributed by atoms with Crippen molar-refractivity contribution in [3.05, 3.63) is 0 Å². The quantitative estimate of drug-likeness (QED) is 0.523. The summed E-state index contributed by atoms with van der Waals surface area (Å²) < 4.78 is 27.5. The van der Waals surface area contributed by atoms with Crippen LogP contribution in [0.5, 0.6) is 0 Å². The van der Waals surface area contributed by atoms with E-state index in [1.54, 1.807) is 21.3 Å². The molecule has 0 bridgehead atoms. The van der Waals surface area contributed by atoms with Crippen molar-refractivity contribution >= 4 is 17.4 Å². The van der Waals surface area contributed by atoms with Crippen LogP contribution in [0.2, 0.25) is 17.1 Å². The molecule has 2 fully saturated rings. The van der Waals surface area contributed by atoms with Crippen molar-refractivity contribution in [3.63, 3.8) is 0 Å². The van der Waals surface area contributed by atoms with E-state index in [2.05, 4.69) is 6.92 Å². The van der Waals surface area contributed by atoms with Crippen LogP contribution >= 0.6 is 0 Å². The number of hydrogen-bond donors (Lipinski definition) is 0. The fourth-order valence-electron chi connectivity index (χ4n) is 4.60. The van der Waals surface area contributed by atoms with Gasteiger partial charge in [0.25, 0.3) is 0 Å². The second-order valence-electron chi connectivity index (χ2n) is 7.14. The van der Waals surface area contributed by atoms with Gasteiger partial charge in [0, 0.05) is 52.7 Å². The van der Waals surface area contributed by atoms with Gasteiger partial charge in [0.1, 0.15) is 0 Å². The first-order chi connectivity index (χ1) is 12.1. The molecule has 0 spiro atoms. The Labute approximate surface area is 157 Å². The third-order valence-corrected chi connectivity index (χ3v) is 13.7. The lowest BCUT2D eigenvalue weighted by Gasteiger charge is -2.37. The van der Waals surface area contributed by atoms with E-state index in [1.807, 2.05) is 14.2 Å². The smallest absolute Gasteiger partial charge is 0.397 e. The zero-order valence-electron chi connectivity index (χ0n) is 17.3. The van der Waals surface area contributed by atoms with Crippen LogP contribution in [0.15, 0.2) is 0 Å². The maximum atomic E-state index is 5.97. The van der Waals surface area contributed by atoms with Crippen LogP contribution in [0.1, 0.15) is 64.7 Å². The molecule has 2 saturated carbocycles. The number of hydrogen-bond acceptors (Lipinski definition) is 5. The molecular weight excluding hydrogens is 352 g/mol. The van der Waals surface area contributed by atoms with Gasteiger partial charge in [-0.15, -0.1) is 0 Å². The highest BCUT2D eigenvalue weighted by Gasteiger charge is 2.52. The van der Waals surface area contributed by atoms with Crippen LogP contribution in [0.25, 0.3) is 0 Å². The van der Waals surface area contributed by atoms with E-state index < -0.39 is 17.4 Å². The summed E-state index contributed by atoms with van der Waals surface area (Å²) in [6.45, 7) is 2.08. The first kappa shape index (κ1) is 23.3. The normalized spacial score (nSPS) is 19.9. The molecule has 0 saturated heterocycles. The van der Waals surface area contributed by atoms with Crippen molar-refractivity contribution in [2.45, 2.75) is 81.8 Å². The summed E-state index contributed by atoms with van der Waals surface area (Å²) in [6, 6.07) is 0.885. The molecule has 0 unspecified atom stereocenters. The lowest BCUT2D eigenvalue weighted by Crippen LogP contribution is -2.48. The summed E-state index contributed by atoms with van der Waals surface area (Å²) in [5.74, 6) is 0. The fraction of sp³-hybridized carbons (Fsp3) is 1.00. The molecule has 0 aromatic carbocycles. The first-order valence-electron chi connectivity index (χ1n) is 9.83. The van der Waals surface area contributed by atoms with Crippen molar-refractivity contribution in [2.24, 2.45) is 0 Å². The standard InChI is InChI=1S/C12H24O2Si.C6H16O3Si/c1-13-15(14-2,11-7-3-4-8-11)12-9-5-6-10-12;1-5-6-10(7-2,8-3)9-4/h11-12H,3-10H2,1-2H3;5-6H2,1-4H3. The van der Waals surface area contributed by atoms with E-state index in [0.717, 1.165) is 23.5 Å². The molecule has 2 aliphatic carbocycles. The highest BCUT2D eigenvalue weighted by molar-refractivity contribution is 6.70. The van der Waals surface area contributed by atoms with Gasteiger partial charge in [-0.2, -0.15) is 0 Å². The maximum Gasteiger partial charge on any atom is 0.500 e. The second kappa shape index (κ2) is 11.8. The fourth-order valence-corrected chi connectivity index (χ4v) is 10.9. The Bertz CT molecular complexity index is 310. The first-order valence-corrected chi connectivity index (χ1v) is 13.7. The van der Waals surface area contributed by atoms with Crippen molar-refractivity contribution in [3.8, 4) is 0 Å². The molecule has 150 valence electrons. The van der Waals surface area contributed by atoms with E-state index in [0.29, 0.717) is 0 Å². The van der Waals surface area contributed by atoms with Crippen LogP contribution in [0.3, 0.4) is 0 Å². The molecule has 5 nitrogen and oxygen atoms in total. The van der Waals surface area contributed by atoms with E-state index in [9.17, 15) is 0 Å². The molecule has 2 aliphatic rings. The lowest BCUT2D eigenvalue weighted by molar-refractivity contribution is 0.123. The van der Waals surface area contributed by atoms with Crippen LogP contribution in [-0.4, -0.2) is 52.9 Å². The molecule has 25 heavy (non-hydrogen) atoms. The maximum absolute atomic E-state index is 5.97. The van der Waals surface area contributed by atoms with Crippen molar-refractivity contribution in [1.29, 1.82) is 0 Å². The highest BCUT2D eigenvalue weighted by Crippen LogP contribution is 2.50. The zero-order chi connectivity index (χ0) is 18.8. The lowest BCUT2D eigenvalue weighted by atomic mass is 10.3. The van der Waals surface area contributed by atoms with Crippen molar-refractivity contribution in [2.75, 3.05) is 35.5 Å². The highest BCUT2D eigenvalue weighted by atomic mass is 28.4. The molecule has 0 heterocycles. The van der Waals surface area contributed by atoms with Gasteiger partial charge >= 0.3 is 17.4 Å².